The van der Waals surface area contributed by atoms with Crippen LogP contribution in [0.4, 0.5) is 5.69 Å². The van der Waals surface area contributed by atoms with Crippen molar-refractivity contribution in [1.29, 1.82) is 5.26 Å². The van der Waals surface area contributed by atoms with E-state index in [9.17, 15) is 10.0 Å². The molecule has 0 fully saturated rings. The highest BCUT2D eigenvalue weighted by molar-refractivity contribution is 6.57. The lowest BCUT2D eigenvalue weighted by Gasteiger charge is -2.08. The van der Waals surface area contributed by atoms with Crippen LogP contribution in [0.2, 0.25) is 0 Å². The lowest BCUT2D eigenvalue weighted by molar-refractivity contribution is 0.424. The number of pyridine rings is 1. The first kappa shape index (κ1) is 14.1. The lowest BCUT2D eigenvalue weighted by atomic mass is 9.85. The molecule has 0 unspecified atom stereocenters. The van der Waals surface area contributed by atoms with E-state index in [1.54, 1.807) is 29.8 Å². The van der Waals surface area contributed by atoms with Gasteiger partial charge in [-0.05, 0) is 30.3 Å². The maximum absolute atomic E-state index is 9.35. The maximum atomic E-state index is 9.35. The van der Waals surface area contributed by atoms with Crippen LogP contribution in [0.5, 0.6) is 0 Å². The summed E-state index contributed by atoms with van der Waals surface area (Å²) >= 11 is 0. The summed E-state index contributed by atoms with van der Waals surface area (Å²) in [6.07, 6.45) is 1.47. The van der Waals surface area contributed by atoms with Crippen LogP contribution in [0.3, 0.4) is 0 Å². The van der Waals surface area contributed by atoms with E-state index in [-0.39, 0.29) is 5.59 Å². The van der Waals surface area contributed by atoms with E-state index < -0.39 is 7.12 Å². The maximum Gasteiger partial charge on any atom is 0.508 e. The van der Waals surface area contributed by atoms with Crippen LogP contribution in [0.15, 0.2) is 36.5 Å². The van der Waals surface area contributed by atoms with Gasteiger partial charge in [-0.2, -0.15) is 10.4 Å². The normalized spacial score (nSPS) is 10.5. The summed E-state index contributed by atoms with van der Waals surface area (Å²) in [5, 5.41) is 34.8. The van der Waals surface area contributed by atoms with Crippen LogP contribution in [-0.2, 0) is 0 Å². The van der Waals surface area contributed by atoms with Gasteiger partial charge in [-0.3, -0.25) is 4.98 Å². The summed E-state index contributed by atoms with van der Waals surface area (Å²) < 4.78 is 1.65. The number of rotatable bonds is 3. The first-order valence-electron chi connectivity index (χ1n) is 6.56. The molecule has 3 heterocycles. The second kappa shape index (κ2) is 5.48. The second-order valence-corrected chi connectivity index (χ2v) is 4.70. The third-order valence-corrected chi connectivity index (χ3v) is 3.29. The minimum Gasteiger partial charge on any atom is -0.422 e. The number of nitrogens with zero attached hydrogens (tertiary/aromatic N) is 4. The fraction of sp³-hybridized carbons (Fsp3) is 0.0714. The molecule has 108 valence electrons. The van der Waals surface area contributed by atoms with Gasteiger partial charge in [0.05, 0.1) is 34.3 Å². The number of anilines is 1. The van der Waals surface area contributed by atoms with Gasteiger partial charge in [0.2, 0.25) is 0 Å². The van der Waals surface area contributed by atoms with Crippen LogP contribution in [0.1, 0.15) is 5.56 Å². The van der Waals surface area contributed by atoms with Crippen molar-refractivity contribution in [2.75, 3.05) is 12.4 Å². The van der Waals surface area contributed by atoms with Crippen molar-refractivity contribution in [3.63, 3.8) is 0 Å². The number of hydrogen-bond donors (Lipinski definition) is 3. The predicted octanol–water partition coefficient (Wildman–Crippen LogP) is -0.0105. The third-order valence-electron chi connectivity index (χ3n) is 3.29. The number of nitriles is 1. The van der Waals surface area contributed by atoms with Crippen LogP contribution in [0.25, 0.3) is 16.9 Å². The first-order chi connectivity index (χ1) is 10.6. The molecule has 8 heteroatoms. The average Bonchev–Trinajstić information content (AvgIpc) is 2.97. The van der Waals surface area contributed by atoms with Gasteiger partial charge in [-0.25, -0.2) is 4.52 Å². The quantitative estimate of drug-likeness (QED) is 0.586. The standard InChI is InChI=1S/C14H12BN5O2/c1-17-10-5-12(19-14(6-10)15(21)22)13-3-2-11-4-9(7-16)8-18-20(11)13/h2-6,8,21-22H,1H3,(H,17,19). The Bertz CT molecular complexity index is 885. The number of aromatic nitrogens is 3. The van der Waals surface area contributed by atoms with Crippen LogP contribution in [0, 0.1) is 11.3 Å². The molecular weight excluding hydrogens is 281 g/mol. The average molecular weight is 293 g/mol. The highest BCUT2D eigenvalue weighted by atomic mass is 16.4. The summed E-state index contributed by atoms with van der Waals surface area (Å²) in [4.78, 5) is 4.25. The Morgan fingerprint density at radius 1 is 1.27 bits per heavy atom. The van der Waals surface area contributed by atoms with Crippen molar-refractivity contribution in [3.05, 3.63) is 42.1 Å². The lowest BCUT2D eigenvalue weighted by Crippen LogP contribution is -2.33. The molecule has 22 heavy (non-hydrogen) atoms. The number of hydrogen-bond acceptors (Lipinski definition) is 6. The highest BCUT2D eigenvalue weighted by Gasteiger charge is 2.17. The van der Waals surface area contributed by atoms with E-state index in [4.69, 9.17) is 5.26 Å². The summed E-state index contributed by atoms with van der Waals surface area (Å²) in [6, 6.07) is 10.8. The summed E-state index contributed by atoms with van der Waals surface area (Å²) in [6.45, 7) is 0. The molecule has 3 aromatic heterocycles. The largest absolute Gasteiger partial charge is 0.508 e. The molecule has 0 aliphatic heterocycles. The molecule has 0 aliphatic carbocycles. The fourth-order valence-corrected chi connectivity index (χ4v) is 2.21. The molecule has 0 aromatic carbocycles. The molecule has 0 saturated heterocycles. The van der Waals surface area contributed by atoms with Gasteiger partial charge in [-0.15, -0.1) is 0 Å². The predicted molar refractivity (Wildman–Crippen MR) is 82.5 cm³/mol. The van der Waals surface area contributed by atoms with E-state index in [2.05, 4.69) is 15.4 Å². The summed E-state index contributed by atoms with van der Waals surface area (Å²) in [5.74, 6) is 0. The van der Waals surface area contributed by atoms with E-state index in [0.717, 1.165) is 5.52 Å². The molecule has 0 spiro atoms. The molecule has 0 saturated carbocycles. The highest BCUT2D eigenvalue weighted by Crippen LogP contribution is 2.22. The molecule has 3 aromatic rings. The van der Waals surface area contributed by atoms with Gasteiger partial charge in [0, 0.05) is 12.7 Å². The summed E-state index contributed by atoms with van der Waals surface area (Å²) in [5.41, 5.74) is 3.32. The van der Waals surface area contributed by atoms with Crippen molar-refractivity contribution < 1.29 is 10.0 Å². The Hall–Kier alpha value is -2.89. The van der Waals surface area contributed by atoms with Gasteiger partial charge in [-0.1, -0.05) is 0 Å². The molecule has 3 rings (SSSR count). The molecule has 0 amide bonds. The molecular formula is C14H12BN5O2. The van der Waals surface area contributed by atoms with E-state index >= 15 is 0 Å². The minimum absolute atomic E-state index is 0.144. The molecule has 0 bridgehead atoms. The second-order valence-electron chi connectivity index (χ2n) is 4.70. The van der Waals surface area contributed by atoms with Crippen molar-refractivity contribution in [2.45, 2.75) is 0 Å². The van der Waals surface area contributed by atoms with Crippen LogP contribution >= 0.6 is 0 Å². The smallest absolute Gasteiger partial charge is 0.422 e. The first-order valence-corrected chi connectivity index (χ1v) is 6.56. The van der Waals surface area contributed by atoms with Gasteiger partial charge in [0.1, 0.15) is 6.07 Å². The van der Waals surface area contributed by atoms with Gasteiger partial charge >= 0.3 is 7.12 Å². The zero-order valence-electron chi connectivity index (χ0n) is 11.7. The molecule has 3 N–H and O–H groups in total. The monoisotopic (exact) mass is 293 g/mol. The third kappa shape index (κ3) is 2.39. The van der Waals surface area contributed by atoms with Crippen LogP contribution in [-0.4, -0.2) is 38.8 Å². The zero-order chi connectivity index (χ0) is 15.7. The summed E-state index contributed by atoms with van der Waals surface area (Å²) in [7, 11) is 0.0804. The molecule has 0 radical (unpaired) electrons. The van der Waals surface area contributed by atoms with Crippen molar-refractivity contribution >= 4 is 23.9 Å². The Balaban J connectivity index is 2.19. The molecule has 0 atom stereocenters. The SMILES string of the molecule is CNc1cc(B(O)O)nc(-c2ccc3cc(C#N)cnn23)c1. The van der Waals surface area contributed by atoms with E-state index in [1.807, 2.05) is 18.2 Å². The topological polar surface area (TPSA) is 106 Å². The van der Waals surface area contributed by atoms with E-state index in [0.29, 0.717) is 22.6 Å². The Morgan fingerprint density at radius 2 is 2.09 bits per heavy atom. The number of nitrogens with one attached hydrogen (secondary N) is 1. The Kier molecular flexibility index (Phi) is 3.51. The Labute approximate surface area is 126 Å². The fourth-order valence-electron chi connectivity index (χ4n) is 2.21. The van der Waals surface area contributed by atoms with E-state index in [1.165, 1.54) is 6.20 Å². The van der Waals surface area contributed by atoms with Gasteiger partial charge in [0.15, 0.2) is 0 Å². The zero-order valence-corrected chi connectivity index (χ0v) is 11.7. The number of fused-ring (bicyclic) bond motifs is 1. The van der Waals surface area contributed by atoms with Crippen molar-refractivity contribution in [2.24, 2.45) is 0 Å². The van der Waals surface area contributed by atoms with Crippen LogP contribution < -0.4 is 10.9 Å². The molecule has 7 nitrogen and oxygen atoms in total. The van der Waals surface area contributed by atoms with Gasteiger partial charge < -0.3 is 15.4 Å². The molecule has 0 aliphatic rings. The Morgan fingerprint density at radius 3 is 2.77 bits per heavy atom. The van der Waals surface area contributed by atoms with Crippen molar-refractivity contribution in [3.8, 4) is 17.5 Å². The van der Waals surface area contributed by atoms with Gasteiger partial charge in [0.25, 0.3) is 0 Å². The minimum atomic E-state index is -1.66. The van der Waals surface area contributed by atoms with Crippen molar-refractivity contribution in [1.82, 2.24) is 14.6 Å².